The number of nitrogens with one attached hydrogen (secondary N) is 2. The summed E-state index contributed by atoms with van der Waals surface area (Å²) in [6.45, 7) is 2.74. The predicted octanol–water partition coefficient (Wildman–Crippen LogP) is 5.57. The van der Waals surface area contributed by atoms with Gasteiger partial charge in [-0.2, -0.15) is 0 Å². The molecule has 180 valence electrons. The van der Waals surface area contributed by atoms with Gasteiger partial charge >= 0.3 is 0 Å². The van der Waals surface area contributed by atoms with Gasteiger partial charge in [0.2, 0.25) is 10.0 Å². The van der Waals surface area contributed by atoms with E-state index in [4.69, 9.17) is 4.74 Å². The van der Waals surface area contributed by atoms with E-state index in [1.807, 2.05) is 54.6 Å². The lowest BCUT2D eigenvalue weighted by Crippen LogP contribution is -2.32. The first-order chi connectivity index (χ1) is 16.9. The molecule has 0 radical (unpaired) electrons. The minimum absolute atomic E-state index is 0.0756. The van der Waals surface area contributed by atoms with Crippen LogP contribution in [0.2, 0.25) is 0 Å². The second-order valence-electron chi connectivity index (χ2n) is 8.55. The zero-order valence-electron chi connectivity index (χ0n) is 19.2. The first kappa shape index (κ1) is 23.9. The Morgan fingerprint density at radius 3 is 2.63 bits per heavy atom. The molecule has 5 rings (SSSR count). The maximum absolute atomic E-state index is 13.1. The zero-order valence-corrected chi connectivity index (χ0v) is 21.6. The normalized spacial score (nSPS) is 16.0. The highest BCUT2D eigenvalue weighted by atomic mass is 79.9. The van der Waals surface area contributed by atoms with Crippen molar-refractivity contribution in [2.24, 2.45) is 0 Å². The number of fused-ring (bicyclic) bond motifs is 1. The number of hydrogen-bond donors (Lipinski definition) is 2. The van der Waals surface area contributed by atoms with Crippen molar-refractivity contribution in [3.8, 4) is 11.3 Å². The van der Waals surface area contributed by atoms with Crippen molar-refractivity contribution in [3.05, 3.63) is 76.8 Å². The lowest BCUT2D eigenvalue weighted by molar-refractivity contribution is 0.114. The smallest absolute Gasteiger partial charge is 0.240 e. The van der Waals surface area contributed by atoms with Crippen LogP contribution in [0.3, 0.4) is 0 Å². The Morgan fingerprint density at radius 1 is 1.03 bits per heavy atom. The van der Waals surface area contributed by atoms with E-state index in [1.165, 1.54) is 0 Å². The van der Waals surface area contributed by atoms with Crippen LogP contribution in [-0.2, 0) is 14.8 Å². The van der Waals surface area contributed by atoms with Crippen molar-refractivity contribution >= 4 is 48.2 Å². The maximum atomic E-state index is 13.1. The van der Waals surface area contributed by atoms with E-state index in [0.717, 1.165) is 33.8 Å². The monoisotopic (exact) mass is 552 g/mol. The summed E-state index contributed by atoms with van der Waals surface area (Å²) in [6.07, 6.45) is 1.75. The van der Waals surface area contributed by atoms with Gasteiger partial charge in [0.15, 0.2) is 5.82 Å². The molecule has 0 saturated carbocycles. The molecule has 1 aliphatic rings. The predicted molar refractivity (Wildman–Crippen MR) is 141 cm³/mol. The third-order valence-corrected chi connectivity index (χ3v) is 8.11. The number of ether oxygens (including phenoxy) is 1. The van der Waals surface area contributed by atoms with Gasteiger partial charge in [0.25, 0.3) is 0 Å². The van der Waals surface area contributed by atoms with E-state index in [9.17, 15) is 8.42 Å². The number of halogens is 1. The molecule has 1 fully saturated rings. The Hall–Kier alpha value is -2.85. The summed E-state index contributed by atoms with van der Waals surface area (Å²) in [6, 6.07) is 21.0. The molecular weight excluding hydrogens is 528 g/mol. The molecule has 9 heteroatoms. The van der Waals surface area contributed by atoms with Crippen LogP contribution in [0.1, 0.15) is 18.4 Å². The zero-order chi connectivity index (χ0) is 24.4. The van der Waals surface area contributed by atoms with Crippen LogP contribution in [0, 0.1) is 6.92 Å². The van der Waals surface area contributed by atoms with Gasteiger partial charge in [-0.25, -0.2) is 13.1 Å². The van der Waals surface area contributed by atoms with Crippen molar-refractivity contribution in [1.82, 2.24) is 14.9 Å². The van der Waals surface area contributed by atoms with E-state index in [-0.39, 0.29) is 17.5 Å². The van der Waals surface area contributed by atoms with Gasteiger partial charge in [0.05, 0.1) is 11.0 Å². The maximum Gasteiger partial charge on any atom is 0.240 e. The first-order valence-corrected chi connectivity index (χ1v) is 13.7. The third kappa shape index (κ3) is 5.23. The molecule has 0 bridgehead atoms. The van der Waals surface area contributed by atoms with Crippen LogP contribution in [0.15, 0.2) is 76.1 Å². The molecule has 2 N–H and O–H groups in total. The summed E-state index contributed by atoms with van der Waals surface area (Å²) < 4.78 is 35.5. The van der Waals surface area contributed by atoms with Gasteiger partial charge in [-0.05, 0) is 49.6 Å². The van der Waals surface area contributed by atoms with Crippen LogP contribution in [-0.4, -0.2) is 37.9 Å². The molecule has 1 saturated heterocycles. The van der Waals surface area contributed by atoms with Crippen molar-refractivity contribution in [2.75, 3.05) is 18.5 Å². The second-order valence-corrected chi connectivity index (χ2v) is 11.2. The Balaban J connectivity index is 1.51. The average molecular weight is 553 g/mol. The van der Waals surface area contributed by atoms with Crippen LogP contribution in [0.25, 0.3) is 22.0 Å². The fourth-order valence-electron chi connectivity index (χ4n) is 4.24. The molecule has 0 aliphatic carbocycles. The first-order valence-electron chi connectivity index (χ1n) is 11.4. The summed E-state index contributed by atoms with van der Waals surface area (Å²) in [5.74, 6) is 0.626. The fourth-order valence-corrected chi connectivity index (χ4v) is 5.97. The number of anilines is 2. The van der Waals surface area contributed by atoms with E-state index >= 15 is 0 Å². The Labute approximate surface area is 213 Å². The van der Waals surface area contributed by atoms with Crippen LogP contribution in [0.5, 0.6) is 0 Å². The van der Waals surface area contributed by atoms with Gasteiger partial charge in [-0.1, -0.05) is 58.4 Å². The molecule has 1 atom stereocenters. The number of aryl methyl sites for hydroxylation is 1. The van der Waals surface area contributed by atoms with Crippen molar-refractivity contribution < 1.29 is 13.2 Å². The molecule has 3 aromatic carbocycles. The van der Waals surface area contributed by atoms with Crippen molar-refractivity contribution in [3.63, 3.8) is 0 Å². The lowest BCUT2D eigenvalue weighted by Gasteiger charge is -2.15. The lowest BCUT2D eigenvalue weighted by atomic mass is 10.0. The van der Waals surface area contributed by atoms with Crippen LogP contribution < -0.4 is 10.0 Å². The van der Waals surface area contributed by atoms with Crippen LogP contribution in [0.4, 0.5) is 11.5 Å². The minimum Gasteiger partial charge on any atom is -0.377 e. The standard InChI is InChI=1S/C26H25BrN4O3S/c1-17-11-12-18(14-24(17)35(32,33)28-16-21-8-5-13-34-21)25-22-9-2-3-10-23(22)26(31-30-25)29-20-7-4-6-19(27)15-20/h2-4,6-7,9-12,14-15,21,28H,5,8,13,16H2,1H3,(H,29,31)/t21-/m1/s1. The molecule has 1 aromatic heterocycles. The highest BCUT2D eigenvalue weighted by molar-refractivity contribution is 9.10. The molecule has 0 amide bonds. The van der Waals surface area contributed by atoms with Gasteiger partial charge in [-0.15, -0.1) is 10.2 Å². The van der Waals surface area contributed by atoms with Gasteiger partial charge in [0.1, 0.15) is 5.69 Å². The summed E-state index contributed by atoms with van der Waals surface area (Å²) in [5, 5.41) is 14.0. The summed E-state index contributed by atoms with van der Waals surface area (Å²) in [5.41, 5.74) is 2.85. The van der Waals surface area contributed by atoms with Gasteiger partial charge < -0.3 is 10.1 Å². The quantitative estimate of drug-likeness (QED) is 0.311. The van der Waals surface area contributed by atoms with E-state index in [1.54, 1.807) is 19.1 Å². The average Bonchev–Trinajstić information content (AvgIpc) is 3.37. The summed E-state index contributed by atoms with van der Waals surface area (Å²) in [4.78, 5) is 0.232. The minimum atomic E-state index is -3.71. The van der Waals surface area contributed by atoms with Crippen molar-refractivity contribution in [2.45, 2.75) is 30.8 Å². The third-order valence-electron chi connectivity index (χ3n) is 6.05. The number of aromatic nitrogens is 2. The molecule has 0 spiro atoms. The second kappa shape index (κ2) is 10.0. The molecular formula is C26H25BrN4O3S. The van der Waals surface area contributed by atoms with E-state index < -0.39 is 10.0 Å². The number of rotatable bonds is 7. The van der Waals surface area contributed by atoms with E-state index in [2.05, 4.69) is 36.2 Å². The summed E-state index contributed by atoms with van der Waals surface area (Å²) >= 11 is 3.49. The Morgan fingerprint density at radius 2 is 1.86 bits per heavy atom. The van der Waals surface area contributed by atoms with Gasteiger partial charge in [0, 0.05) is 39.6 Å². The highest BCUT2D eigenvalue weighted by Gasteiger charge is 2.23. The molecule has 4 aromatic rings. The Bertz CT molecular complexity index is 1490. The molecule has 1 aliphatic heterocycles. The van der Waals surface area contributed by atoms with Crippen LogP contribution >= 0.6 is 15.9 Å². The molecule has 0 unspecified atom stereocenters. The Kier molecular flexibility index (Phi) is 6.84. The van der Waals surface area contributed by atoms with E-state index in [0.29, 0.717) is 29.2 Å². The number of benzene rings is 3. The molecule has 2 heterocycles. The topological polar surface area (TPSA) is 93.2 Å². The molecule has 35 heavy (non-hydrogen) atoms. The number of hydrogen-bond acceptors (Lipinski definition) is 6. The highest BCUT2D eigenvalue weighted by Crippen LogP contribution is 2.33. The summed E-state index contributed by atoms with van der Waals surface area (Å²) in [7, 11) is -3.71. The number of nitrogens with zero attached hydrogens (tertiary/aromatic N) is 2. The number of sulfonamides is 1. The SMILES string of the molecule is Cc1ccc(-c2nnc(Nc3cccc(Br)c3)c3ccccc23)cc1S(=O)(=O)NC[C@H]1CCCO1. The van der Waals surface area contributed by atoms with Crippen molar-refractivity contribution in [1.29, 1.82) is 0 Å². The largest absolute Gasteiger partial charge is 0.377 e. The fraction of sp³-hybridized carbons (Fsp3) is 0.231. The molecule has 7 nitrogen and oxygen atoms in total. The van der Waals surface area contributed by atoms with Gasteiger partial charge in [-0.3, -0.25) is 0 Å².